The number of hydrogen-bond acceptors (Lipinski definition) is 3. The van der Waals surface area contributed by atoms with Gasteiger partial charge in [-0.2, -0.15) is 0 Å². The average molecular weight is 246 g/mol. The van der Waals surface area contributed by atoms with Gasteiger partial charge in [0.1, 0.15) is 6.10 Å². The van der Waals surface area contributed by atoms with Gasteiger partial charge in [0.2, 0.25) is 0 Å². The van der Waals surface area contributed by atoms with Crippen molar-refractivity contribution in [2.24, 2.45) is 23.7 Å². The lowest BCUT2D eigenvalue weighted by Gasteiger charge is -2.21. The van der Waals surface area contributed by atoms with Crippen molar-refractivity contribution in [1.29, 1.82) is 0 Å². The second-order valence-electron chi connectivity index (χ2n) is 5.89. The van der Waals surface area contributed by atoms with E-state index in [1.807, 2.05) is 13.0 Å². The monoisotopic (exact) mass is 246 g/mol. The maximum absolute atomic E-state index is 11.8. The van der Waals surface area contributed by atoms with Gasteiger partial charge in [-0.05, 0) is 30.8 Å². The molecule has 96 valence electrons. The second kappa shape index (κ2) is 3.81. The highest BCUT2D eigenvalue weighted by molar-refractivity contribution is 5.96. The number of allylic oxidation sites excluding steroid dienone is 2. The smallest absolute Gasteiger partial charge is 0.334 e. The van der Waals surface area contributed by atoms with E-state index in [2.05, 4.69) is 13.5 Å². The summed E-state index contributed by atoms with van der Waals surface area (Å²) in [6, 6.07) is 0. The van der Waals surface area contributed by atoms with Gasteiger partial charge in [-0.1, -0.05) is 26.0 Å². The molecule has 2 aliphatic carbocycles. The van der Waals surface area contributed by atoms with Crippen molar-refractivity contribution < 1.29 is 14.3 Å². The standard InChI is InChI=1S/C15H18O3/c1-7-4-14-12(9(3)15(17)18-14)5-11-8(2)13(16)6-10(7)11/h6-8,11-12,14H,3-5H2,1-2H3/t7-,8-,11-,12-,14-/m0/s1. The summed E-state index contributed by atoms with van der Waals surface area (Å²) in [5.74, 6) is 0.720. The minimum atomic E-state index is -0.249. The maximum Gasteiger partial charge on any atom is 0.334 e. The zero-order valence-corrected chi connectivity index (χ0v) is 10.8. The summed E-state index contributed by atoms with van der Waals surface area (Å²) in [7, 11) is 0. The molecule has 0 aromatic rings. The van der Waals surface area contributed by atoms with E-state index in [0.29, 0.717) is 11.5 Å². The van der Waals surface area contributed by atoms with E-state index in [9.17, 15) is 9.59 Å². The Balaban J connectivity index is 1.96. The van der Waals surface area contributed by atoms with Crippen LogP contribution in [0.1, 0.15) is 26.7 Å². The number of rotatable bonds is 0. The van der Waals surface area contributed by atoms with Crippen LogP contribution in [0, 0.1) is 23.7 Å². The van der Waals surface area contributed by atoms with Gasteiger partial charge in [0, 0.05) is 17.4 Å². The fraction of sp³-hybridized carbons (Fsp3) is 0.600. The molecule has 0 unspecified atom stereocenters. The summed E-state index contributed by atoms with van der Waals surface area (Å²) < 4.78 is 5.40. The lowest BCUT2D eigenvalue weighted by atomic mass is 9.81. The molecule has 2 fully saturated rings. The van der Waals surface area contributed by atoms with E-state index in [0.717, 1.165) is 12.8 Å². The summed E-state index contributed by atoms with van der Waals surface area (Å²) in [6.07, 6.45) is 3.44. The molecule has 0 amide bonds. The number of ketones is 1. The largest absolute Gasteiger partial charge is 0.458 e. The summed E-state index contributed by atoms with van der Waals surface area (Å²) in [5.41, 5.74) is 1.85. The molecular weight excluding hydrogens is 228 g/mol. The van der Waals surface area contributed by atoms with Crippen molar-refractivity contribution in [2.75, 3.05) is 0 Å². The number of carbonyl (C=O) groups is 2. The van der Waals surface area contributed by atoms with Crippen molar-refractivity contribution in [2.45, 2.75) is 32.8 Å². The molecular formula is C15H18O3. The first-order valence-electron chi connectivity index (χ1n) is 6.64. The van der Waals surface area contributed by atoms with Crippen LogP contribution in [-0.4, -0.2) is 17.9 Å². The fourth-order valence-corrected chi connectivity index (χ4v) is 3.67. The molecule has 0 bridgehead atoms. The average Bonchev–Trinajstić information content (AvgIpc) is 2.68. The highest BCUT2D eigenvalue weighted by Crippen LogP contribution is 2.48. The third kappa shape index (κ3) is 1.49. The summed E-state index contributed by atoms with van der Waals surface area (Å²) in [4.78, 5) is 23.4. The Kier molecular flexibility index (Phi) is 2.47. The van der Waals surface area contributed by atoms with Gasteiger partial charge >= 0.3 is 5.97 Å². The normalized spacial score (nSPS) is 43.1. The van der Waals surface area contributed by atoms with Crippen molar-refractivity contribution in [3.63, 3.8) is 0 Å². The molecule has 1 heterocycles. The Bertz CT molecular complexity index is 474. The van der Waals surface area contributed by atoms with Crippen molar-refractivity contribution in [3.05, 3.63) is 23.8 Å². The Morgan fingerprint density at radius 3 is 2.67 bits per heavy atom. The Hall–Kier alpha value is -1.38. The van der Waals surface area contributed by atoms with Gasteiger partial charge in [0.15, 0.2) is 5.78 Å². The highest BCUT2D eigenvalue weighted by atomic mass is 16.6. The van der Waals surface area contributed by atoms with Gasteiger partial charge in [0.25, 0.3) is 0 Å². The van der Waals surface area contributed by atoms with E-state index in [-0.39, 0.29) is 35.6 Å². The summed E-state index contributed by atoms with van der Waals surface area (Å²) in [6.45, 7) is 7.98. The van der Waals surface area contributed by atoms with Crippen molar-refractivity contribution in [3.8, 4) is 0 Å². The topological polar surface area (TPSA) is 43.4 Å². The van der Waals surface area contributed by atoms with Crippen LogP contribution in [0.25, 0.3) is 0 Å². The van der Waals surface area contributed by atoms with Crippen molar-refractivity contribution >= 4 is 11.8 Å². The summed E-state index contributed by atoms with van der Waals surface area (Å²) >= 11 is 0. The third-order valence-corrected chi connectivity index (χ3v) is 4.87. The van der Waals surface area contributed by atoms with Crippen LogP contribution in [0.5, 0.6) is 0 Å². The van der Waals surface area contributed by atoms with E-state index < -0.39 is 0 Å². The van der Waals surface area contributed by atoms with E-state index >= 15 is 0 Å². The molecule has 0 N–H and O–H groups in total. The zero-order valence-electron chi connectivity index (χ0n) is 10.8. The fourth-order valence-electron chi connectivity index (χ4n) is 3.67. The van der Waals surface area contributed by atoms with Gasteiger partial charge in [0.05, 0.1) is 0 Å². The van der Waals surface area contributed by atoms with Crippen LogP contribution in [0.3, 0.4) is 0 Å². The minimum Gasteiger partial charge on any atom is -0.458 e. The molecule has 3 heteroatoms. The van der Waals surface area contributed by atoms with Gasteiger partial charge in [-0.15, -0.1) is 0 Å². The minimum absolute atomic E-state index is 0.0335. The first-order valence-corrected chi connectivity index (χ1v) is 6.64. The molecule has 3 aliphatic rings. The molecule has 5 atom stereocenters. The number of carbonyl (C=O) groups excluding carboxylic acids is 2. The molecule has 0 spiro atoms. The molecule has 3 nitrogen and oxygen atoms in total. The number of hydrogen-bond donors (Lipinski definition) is 0. The van der Waals surface area contributed by atoms with E-state index in [4.69, 9.17) is 4.74 Å². The van der Waals surface area contributed by atoms with Crippen LogP contribution in [0.4, 0.5) is 0 Å². The van der Waals surface area contributed by atoms with Crippen molar-refractivity contribution in [1.82, 2.24) is 0 Å². The zero-order chi connectivity index (χ0) is 13.0. The molecule has 1 saturated heterocycles. The Labute approximate surface area is 107 Å². The Morgan fingerprint density at radius 2 is 1.94 bits per heavy atom. The molecule has 0 aromatic heterocycles. The first kappa shape index (κ1) is 11.7. The lowest BCUT2D eigenvalue weighted by Crippen LogP contribution is -2.20. The van der Waals surface area contributed by atoms with Crippen LogP contribution in [-0.2, 0) is 14.3 Å². The molecule has 0 aromatic carbocycles. The van der Waals surface area contributed by atoms with Crippen LogP contribution in [0.15, 0.2) is 23.8 Å². The number of fused-ring (bicyclic) bond motifs is 2. The van der Waals surface area contributed by atoms with Crippen LogP contribution in [0.2, 0.25) is 0 Å². The molecule has 1 aliphatic heterocycles. The molecule has 3 rings (SSSR count). The van der Waals surface area contributed by atoms with Crippen LogP contribution >= 0.6 is 0 Å². The van der Waals surface area contributed by atoms with E-state index in [1.165, 1.54) is 5.57 Å². The quantitative estimate of drug-likeness (QED) is 0.486. The third-order valence-electron chi connectivity index (χ3n) is 4.87. The van der Waals surface area contributed by atoms with Crippen LogP contribution < -0.4 is 0 Å². The Morgan fingerprint density at radius 1 is 1.22 bits per heavy atom. The van der Waals surface area contributed by atoms with Gasteiger partial charge in [-0.3, -0.25) is 4.79 Å². The lowest BCUT2D eigenvalue weighted by molar-refractivity contribution is -0.139. The SMILES string of the molecule is C=C1C(=O)O[C@H]2C[C@H](C)C3=CC(=O)[C@@H](C)[C@@H]3C[C@@H]12. The van der Waals surface area contributed by atoms with E-state index in [1.54, 1.807) is 0 Å². The molecule has 1 saturated carbocycles. The summed E-state index contributed by atoms with van der Waals surface area (Å²) in [5, 5.41) is 0. The predicted molar refractivity (Wildman–Crippen MR) is 66.7 cm³/mol. The van der Waals surface area contributed by atoms with Gasteiger partial charge in [-0.25, -0.2) is 4.79 Å². The second-order valence-corrected chi connectivity index (χ2v) is 5.89. The number of ether oxygens (including phenoxy) is 1. The predicted octanol–water partition coefficient (Wildman–Crippen LogP) is 2.28. The number of esters is 1. The first-order chi connectivity index (χ1) is 8.49. The highest BCUT2D eigenvalue weighted by Gasteiger charge is 2.47. The maximum atomic E-state index is 11.8. The molecule has 0 radical (unpaired) electrons. The van der Waals surface area contributed by atoms with Gasteiger partial charge < -0.3 is 4.74 Å². The molecule has 18 heavy (non-hydrogen) atoms.